The van der Waals surface area contributed by atoms with Gasteiger partial charge in [0.05, 0.1) is 15.6 Å². The molecule has 1 atom stereocenters. The van der Waals surface area contributed by atoms with Gasteiger partial charge in [-0.3, -0.25) is 4.79 Å². The Bertz CT molecular complexity index is 1430. The Hall–Kier alpha value is -3.81. The average molecular weight is 492 g/mol. The van der Waals surface area contributed by atoms with Gasteiger partial charge < -0.3 is 15.7 Å². The fourth-order valence-electron chi connectivity index (χ4n) is 3.92. The number of anilines is 2. The Labute approximate surface area is 205 Å². The lowest BCUT2D eigenvalue weighted by Crippen LogP contribution is -2.31. The van der Waals surface area contributed by atoms with Crippen molar-refractivity contribution in [1.29, 1.82) is 0 Å². The number of carbonyl (C=O) groups is 1. The lowest BCUT2D eigenvalue weighted by atomic mass is 9.95. The van der Waals surface area contributed by atoms with E-state index in [-0.39, 0.29) is 11.7 Å². The van der Waals surface area contributed by atoms with E-state index in [1.807, 2.05) is 43.3 Å². The number of benzene rings is 3. The number of hydrogen-bond donors (Lipinski definition) is 3. The van der Waals surface area contributed by atoms with Crippen LogP contribution < -0.4 is 10.6 Å². The lowest BCUT2D eigenvalue weighted by molar-refractivity contribution is -0.113. The van der Waals surface area contributed by atoms with Crippen LogP contribution >= 0.6 is 23.2 Å². The predicted molar refractivity (Wildman–Crippen MR) is 133 cm³/mol. The Morgan fingerprint density at radius 3 is 2.56 bits per heavy atom. The monoisotopic (exact) mass is 491 g/mol. The molecule has 5 rings (SSSR count). The van der Waals surface area contributed by atoms with Gasteiger partial charge in [0.2, 0.25) is 5.95 Å². The predicted octanol–water partition coefficient (Wildman–Crippen LogP) is 5.89. The van der Waals surface area contributed by atoms with Crippen LogP contribution in [-0.2, 0) is 4.79 Å². The summed E-state index contributed by atoms with van der Waals surface area (Å²) in [6.45, 7) is 1.82. The van der Waals surface area contributed by atoms with E-state index < -0.39 is 6.04 Å². The van der Waals surface area contributed by atoms with Gasteiger partial charge in [-0.1, -0.05) is 59.6 Å². The van der Waals surface area contributed by atoms with Crippen LogP contribution in [0.4, 0.5) is 11.6 Å². The van der Waals surface area contributed by atoms with E-state index >= 15 is 0 Å². The molecule has 0 saturated carbocycles. The molecular formula is C25H19Cl2N5O2. The first-order valence-electron chi connectivity index (χ1n) is 10.5. The van der Waals surface area contributed by atoms with Gasteiger partial charge in [-0.2, -0.15) is 4.98 Å². The van der Waals surface area contributed by atoms with Gasteiger partial charge in [0, 0.05) is 16.9 Å². The first kappa shape index (κ1) is 22.0. The third-order valence-corrected chi connectivity index (χ3v) is 6.23. The van der Waals surface area contributed by atoms with Crippen LogP contribution in [-0.4, -0.2) is 25.8 Å². The summed E-state index contributed by atoms with van der Waals surface area (Å²) in [7, 11) is 0. The lowest BCUT2D eigenvalue weighted by Gasteiger charge is -2.29. The van der Waals surface area contributed by atoms with Crippen molar-refractivity contribution in [2.75, 3.05) is 10.6 Å². The van der Waals surface area contributed by atoms with Crippen molar-refractivity contribution in [2.45, 2.75) is 13.0 Å². The fraction of sp³-hybridized carbons (Fsp3) is 0.0800. The molecule has 0 fully saturated rings. The van der Waals surface area contributed by atoms with Crippen molar-refractivity contribution < 1.29 is 9.90 Å². The number of aromatic hydroxyl groups is 1. The summed E-state index contributed by atoms with van der Waals surface area (Å²) in [6, 6.07) is 20.5. The zero-order valence-corrected chi connectivity index (χ0v) is 19.5. The van der Waals surface area contributed by atoms with Gasteiger partial charge in [-0.25, -0.2) is 4.68 Å². The van der Waals surface area contributed by atoms with Gasteiger partial charge >= 0.3 is 0 Å². The molecule has 0 radical (unpaired) electrons. The topological polar surface area (TPSA) is 92.1 Å². The minimum atomic E-state index is -0.617. The second kappa shape index (κ2) is 8.85. The number of phenols is 1. The molecule has 0 bridgehead atoms. The van der Waals surface area contributed by atoms with E-state index in [1.54, 1.807) is 41.1 Å². The second-order valence-electron chi connectivity index (χ2n) is 7.81. The number of halogens is 2. The summed E-state index contributed by atoms with van der Waals surface area (Å²) < 4.78 is 1.64. The van der Waals surface area contributed by atoms with Crippen molar-refractivity contribution in [1.82, 2.24) is 14.8 Å². The Morgan fingerprint density at radius 2 is 1.82 bits per heavy atom. The molecule has 1 aliphatic rings. The number of para-hydroxylation sites is 1. The normalized spacial score (nSPS) is 15.0. The van der Waals surface area contributed by atoms with Crippen LogP contribution in [0.2, 0.25) is 10.0 Å². The minimum Gasteiger partial charge on any atom is -0.508 e. The molecule has 3 N–H and O–H groups in total. The van der Waals surface area contributed by atoms with Gasteiger partial charge in [0.25, 0.3) is 5.91 Å². The van der Waals surface area contributed by atoms with E-state index in [4.69, 9.17) is 23.2 Å². The summed E-state index contributed by atoms with van der Waals surface area (Å²) in [6.07, 6.45) is 0. The molecule has 0 saturated heterocycles. The van der Waals surface area contributed by atoms with Crippen molar-refractivity contribution in [3.63, 3.8) is 0 Å². The minimum absolute atomic E-state index is 0.108. The number of carbonyl (C=O) groups excluding carboxylic acids is 1. The SMILES string of the molecule is CC1=C(C(=O)Nc2ccccc2)C(c2ccc(Cl)c(Cl)c2)n2nc(-c3cccc(O)c3)nc2N1. The molecule has 1 aromatic heterocycles. The molecule has 0 spiro atoms. The number of nitrogens with one attached hydrogen (secondary N) is 2. The molecule has 1 amide bonds. The fourth-order valence-corrected chi connectivity index (χ4v) is 4.23. The van der Waals surface area contributed by atoms with Gasteiger partial charge in [0.1, 0.15) is 11.8 Å². The zero-order valence-electron chi connectivity index (χ0n) is 18.0. The molecule has 0 aliphatic carbocycles. The van der Waals surface area contributed by atoms with Crippen molar-refractivity contribution in [3.8, 4) is 17.1 Å². The molecule has 7 nitrogen and oxygen atoms in total. The van der Waals surface area contributed by atoms with Crippen LogP contribution in [0.5, 0.6) is 5.75 Å². The molecular weight excluding hydrogens is 473 g/mol. The van der Waals surface area contributed by atoms with Gasteiger partial charge in [-0.15, -0.1) is 5.10 Å². The van der Waals surface area contributed by atoms with Crippen LogP contribution in [0.15, 0.2) is 84.1 Å². The maximum atomic E-state index is 13.5. The second-order valence-corrected chi connectivity index (χ2v) is 8.63. The number of aromatic nitrogens is 3. The summed E-state index contributed by atoms with van der Waals surface area (Å²) in [5.41, 5.74) is 3.13. The molecule has 9 heteroatoms. The largest absolute Gasteiger partial charge is 0.508 e. The highest BCUT2D eigenvalue weighted by Gasteiger charge is 2.34. The van der Waals surface area contributed by atoms with Crippen LogP contribution in [0, 0.1) is 0 Å². The number of amides is 1. The van der Waals surface area contributed by atoms with Crippen molar-refractivity contribution in [3.05, 3.63) is 99.7 Å². The highest BCUT2D eigenvalue weighted by molar-refractivity contribution is 6.42. The molecule has 34 heavy (non-hydrogen) atoms. The van der Waals surface area contributed by atoms with E-state index in [0.717, 1.165) is 5.56 Å². The molecule has 1 aliphatic heterocycles. The van der Waals surface area contributed by atoms with Crippen LogP contribution in [0.1, 0.15) is 18.5 Å². The van der Waals surface area contributed by atoms with Crippen molar-refractivity contribution in [2.24, 2.45) is 0 Å². The molecule has 3 aromatic carbocycles. The number of fused-ring (bicyclic) bond motifs is 1. The number of hydrogen-bond acceptors (Lipinski definition) is 5. The zero-order chi connectivity index (χ0) is 23.8. The van der Waals surface area contributed by atoms with E-state index in [9.17, 15) is 9.90 Å². The number of allylic oxidation sites excluding steroid dienone is 1. The maximum Gasteiger partial charge on any atom is 0.255 e. The molecule has 4 aromatic rings. The van der Waals surface area contributed by atoms with E-state index in [0.29, 0.717) is 44.3 Å². The molecule has 2 heterocycles. The quantitative estimate of drug-likeness (QED) is 0.331. The molecule has 1 unspecified atom stereocenters. The first-order valence-corrected chi connectivity index (χ1v) is 11.2. The third kappa shape index (κ3) is 4.11. The van der Waals surface area contributed by atoms with Gasteiger partial charge in [-0.05, 0) is 48.9 Å². The summed E-state index contributed by atoms with van der Waals surface area (Å²) in [5, 5.41) is 21.5. The Morgan fingerprint density at radius 1 is 1.03 bits per heavy atom. The number of phenolic OH excluding ortho intramolecular Hbond substituents is 1. The first-order chi connectivity index (χ1) is 16.4. The maximum absolute atomic E-state index is 13.5. The Balaban J connectivity index is 1.63. The number of nitrogens with zero attached hydrogens (tertiary/aromatic N) is 3. The highest BCUT2D eigenvalue weighted by Crippen LogP contribution is 2.38. The van der Waals surface area contributed by atoms with E-state index in [1.165, 1.54) is 0 Å². The molecule has 170 valence electrons. The third-order valence-electron chi connectivity index (χ3n) is 5.49. The summed E-state index contributed by atoms with van der Waals surface area (Å²) in [4.78, 5) is 18.1. The average Bonchev–Trinajstić information content (AvgIpc) is 3.24. The van der Waals surface area contributed by atoms with Crippen LogP contribution in [0.3, 0.4) is 0 Å². The van der Waals surface area contributed by atoms with Crippen molar-refractivity contribution >= 4 is 40.7 Å². The summed E-state index contributed by atoms with van der Waals surface area (Å²) >= 11 is 12.5. The van der Waals surface area contributed by atoms with E-state index in [2.05, 4.69) is 20.7 Å². The standard InChI is InChI=1S/C25H19Cl2N5O2/c1-14-21(24(34)29-17-7-3-2-4-8-17)22(15-10-11-19(26)20(27)13-15)32-25(28-14)30-23(31-32)16-6-5-9-18(33)12-16/h2-13,22,33H,1H3,(H,29,34)(H,28,30,31). The number of rotatable bonds is 4. The van der Waals surface area contributed by atoms with Crippen LogP contribution in [0.25, 0.3) is 11.4 Å². The highest BCUT2D eigenvalue weighted by atomic mass is 35.5. The smallest absolute Gasteiger partial charge is 0.255 e. The Kier molecular flexibility index (Phi) is 5.73. The summed E-state index contributed by atoms with van der Waals surface area (Å²) in [5.74, 6) is 0.688. The van der Waals surface area contributed by atoms with Gasteiger partial charge in [0.15, 0.2) is 5.82 Å².